The van der Waals surface area contributed by atoms with Gasteiger partial charge >= 0.3 is 0 Å². The van der Waals surface area contributed by atoms with Crippen molar-refractivity contribution in [3.8, 4) is 0 Å². The van der Waals surface area contributed by atoms with Gasteiger partial charge in [0.2, 0.25) is 5.91 Å². The molecule has 0 radical (unpaired) electrons. The zero-order valence-electron chi connectivity index (χ0n) is 12.2. The van der Waals surface area contributed by atoms with Crippen LogP contribution in [0.5, 0.6) is 0 Å². The first-order valence-electron chi connectivity index (χ1n) is 6.76. The van der Waals surface area contributed by atoms with Gasteiger partial charge in [0.25, 0.3) is 16.9 Å². The van der Waals surface area contributed by atoms with Gasteiger partial charge in [-0.2, -0.15) is 0 Å². The van der Waals surface area contributed by atoms with Gasteiger partial charge in [-0.15, -0.1) is 0 Å². The first-order chi connectivity index (χ1) is 11.4. The molecule has 1 amide bonds. The topological polar surface area (TPSA) is 137 Å². The summed E-state index contributed by atoms with van der Waals surface area (Å²) >= 11 is 0. The van der Waals surface area contributed by atoms with Crippen LogP contribution in [0.3, 0.4) is 0 Å². The number of carbonyl (C=O) groups excluding carboxylic acids is 1. The molecule has 0 spiro atoms. The molecule has 10 nitrogen and oxygen atoms in total. The van der Waals surface area contributed by atoms with E-state index in [1.54, 1.807) is 0 Å². The van der Waals surface area contributed by atoms with Crippen LogP contribution in [0.25, 0.3) is 0 Å². The number of anilines is 1. The summed E-state index contributed by atoms with van der Waals surface area (Å²) in [7, 11) is 0. The molecule has 0 aliphatic heterocycles. The molecule has 0 fully saturated rings. The maximum atomic E-state index is 11.9. The number of nitro groups is 2. The van der Waals surface area contributed by atoms with Crippen molar-refractivity contribution in [1.82, 2.24) is 4.57 Å². The van der Waals surface area contributed by atoms with E-state index in [9.17, 15) is 29.8 Å². The molecule has 10 heteroatoms. The fourth-order valence-corrected chi connectivity index (χ4v) is 1.97. The number of pyridine rings is 1. The van der Waals surface area contributed by atoms with Gasteiger partial charge in [-0.05, 0) is 6.07 Å². The Morgan fingerprint density at radius 1 is 1.08 bits per heavy atom. The number of nitrogens with zero attached hydrogens (tertiary/aromatic N) is 3. The molecule has 1 aromatic heterocycles. The second-order valence-corrected chi connectivity index (χ2v) is 4.75. The van der Waals surface area contributed by atoms with Crippen LogP contribution < -0.4 is 10.9 Å². The molecule has 1 aromatic carbocycles. The van der Waals surface area contributed by atoms with E-state index in [1.165, 1.54) is 24.3 Å². The second-order valence-electron chi connectivity index (χ2n) is 4.75. The van der Waals surface area contributed by atoms with Crippen molar-refractivity contribution in [3.63, 3.8) is 0 Å². The second kappa shape index (κ2) is 7.13. The first-order valence-corrected chi connectivity index (χ1v) is 6.76. The Bertz CT molecular complexity index is 860. The molecule has 0 aliphatic rings. The van der Waals surface area contributed by atoms with Gasteiger partial charge in [-0.1, -0.05) is 12.1 Å². The Kier molecular flexibility index (Phi) is 5.00. The van der Waals surface area contributed by atoms with Crippen LogP contribution in [0.1, 0.15) is 6.42 Å². The number of aromatic nitrogens is 1. The number of aryl methyl sites for hydroxylation is 1. The maximum absolute atomic E-state index is 11.9. The smallest absolute Gasteiger partial charge is 0.292 e. The minimum atomic E-state index is -0.649. The van der Waals surface area contributed by atoms with E-state index in [4.69, 9.17) is 0 Å². The van der Waals surface area contributed by atoms with E-state index in [2.05, 4.69) is 5.32 Å². The number of para-hydroxylation sites is 2. The average Bonchev–Trinajstić information content (AvgIpc) is 2.54. The lowest BCUT2D eigenvalue weighted by atomic mass is 10.2. The highest BCUT2D eigenvalue weighted by atomic mass is 16.6. The number of benzene rings is 1. The zero-order valence-corrected chi connectivity index (χ0v) is 12.2. The van der Waals surface area contributed by atoms with E-state index < -0.39 is 21.3 Å². The normalized spacial score (nSPS) is 10.2. The molecular weight excluding hydrogens is 320 g/mol. The Morgan fingerprint density at radius 3 is 2.46 bits per heavy atom. The summed E-state index contributed by atoms with van der Waals surface area (Å²) in [6.07, 6.45) is 0.869. The molecule has 0 saturated heterocycles. The van der Waals surface area contributed by atoms with Gasteiger partial charge in [0.1, 0.15) is 5.69 Å². The number of carbonyl (C=O) groups is 1. The lowest BCUT2D eigenvalue weighted by Crippen LogP contribution is -2.22. The SMILES string of the molecule is O=C(CCn1cc([N+](=O)[O-])ccc1=O)Nc1ccccc1[N+](=O)[O-]. The van der Waals surface area contributed by atoms with Gasteiger partial charge < -0.3 is 9.88 Å². The highest BCUT2D eigenvalue weighted by molar-refractivity contribution is 5.92. The summed E-state index contributed by atoms with van der Waals surface area (Å²) in [5.74, 6) is -0.553. The molecule has 124 valence electrons. The molecule has 0 aliphatic carbocycles. The van der Waals surface area contributed by atoms with Crippen LogP contribution in [-0.4, -0.2) is 20.3 Å². The van der Waals surface area contributed by atoms with Gasteiger partial charge in [0, 0.05) is 31.2 Å². The van der Waals surface area contributed by atoms with Gasteiger partial charge in [-0.25, -0.2) is 0 Å². The number of nitro benzene ring substituents is 1. The third-order valence-corrected chi connectivity index (χ3v) is 3.13. The van der Waals surface area contributed by atoms with E-state index in [0.29, 0.717) is 0 Å². The molecular formula is C14H12N4O6. The van der Waals surface area contributed by atoms with Crippen molar-refractivity contribution < 1.29 is 14.6 Å². The van der Waals surface area contributed by atoms with Gasteiger partial charge in [-0.3, -0.25) is 29.8 Å². The van der Waals surface area contributed by atoms with Crippen molar-refractivity contribution in [2.75, 3.05) is 5.32 Å². The summed E-state index contributed by atoms with van der Waals surface area (Å²) in [5, 5.41) is 24.0. The number of rotatable bonds is 6. The van der Waals surface area contributed by atoms with E-state index >= 15 is 0 Å². The Balaban J connectivity index is 2.07. The molecule has 0 unspecified atom stereocenters. The highest BCUT2D eigenvalue weighted by Gasteiger charge is 2.15. The number of nitrogens with one attached hydrogen (secondary N) is 1. The Labute approximate surface area is 134 Å². The summed E-state index contributed by atoms with van der Waals surface area (Å²) in [6.45, 7) is -0.0903. The van der Waals surface area contributed by atoms with Crippen molar-refractivity contribution in [2.45, 2.75) is 13.0 Å². The lowest BCUT2D eigenvalue weighted by molar-refractivity contribution is -0.385. The maximum Gasteiger partial charge on any atom is 0.292 e. The monoisotopic (exact) mass is 332 g/mol. The fourth-order valence-electron chi connectivity index (χ4n) is 1.97. The van der Waals surface area contributed by atoms with Crippen LogP contribution in [0.4, 0.5) is 17.1 Å². The molecule has 2 rings (SSSR count). The number of amides is 1. The van der Waals surface area contributed by atoms with Crippen molar-refractivity contribution >= 4 is 23.0 Å². The number of hydrogen-bond donors (Lipinski definition) is 1. The van der Waals surface area contributed by atoms with Crippen LogP contribution in [0, 0.1) is 20.2 Å². The predicted octanol–water partition coefficient (Wildman–Crippen LogP) is 1.69. The highest BCUT2D eigenvalue weighted by Crippen LogP contribution is 2.23. The average molecular weight is 332 g/mol. The first kappa shape index (κ1) is 16.8. The summed E-state index contributed by atoms with van der Waals surface area (Å²) < 4.78 is 1.04. The Hall–Kier alpha value is -3.56. The van der Waals surface area contributed by atoms with E-state index in [-0.39, 0.29) is 30.0 Å². The summed E-state index contributed by atoms with van der Waals surface area (Å²) in [5.41, 5.74) is -0.968. The number of hydrogen-bond acceptors (Lipinski definition) is 6. The molecule has 1 heterocycles. The Morgan fingerprint density at radius 2 is 1.79 bits per heavy atom. The van der Waals surface area contributed by atoms with Gasteiger partial charge in [0.15, 0.2) is 0 Å². The third-order valence-electron chi connectivity index (χ3n) is 3.13. The van der Waals surface area contributed by atoms with Crippen molar-refractivity contribution in [3.05, 3.63) is 73.2 Å². The minimum Gasteiger partial charge on any atom is -0.320 e. The third kappa shape index (κ3) is 4.00. The molecule has 1 N–H and O–H groups in total. The zero-order chi connectivity index (χ0) is 17.7. The largest absolute Gasteiger partial charge is 0.320 e. The van der Waals surface area contributed by atoms with Crippen LogP contribution in [-0.2, 0) is 11.3 Å². The summed E-state index contributed by atoms with van der Waals surface area (Å²) in [4.78, 5) is 43.8. The predicted molar refractivity (Wildman–Crippen MR) is 83.7 cm³/mol. The van der Waals surface area contributed by atoms with Crippen LogP contribution in [0.2, 0.25) is 0 Å². The molecule has 0 atom stereocenters. The lowest BCUT2D eigenvalue weighted by Gasteiger charge is -2.07. The van der Waals surface area contributed by atoms with Crippen molar-refractivity contribution in [1.29, 1.82) is 0 Å². The minimum absolute atomic E-state index is 0.0406. The quantitative estimate of drug-likeness (QED) is 0.631. The van der Waals surface area contributed by atoms with Gasteiger partial charge in [0.05, 0.1) is 16.0 Å². The van der Waals surface area contributed by atoms with Crippen LogP contribution >= 0.6 is 0 Å². The molecule has 24 heavy (non-hydrogen) atoms. The molecule has 2 aromatic rings. The van der Waals surface area contributed by atoms with E-state index in [1.807, 2.05) is 0 Å². The van der Waals surface area contributed by atoms with Crippen LogP contribution in [0.15, 0.2) is 47.4 Å². The van der Waals surface area contributed by atoms with E-state index in [0.717, 1.165) is 22.9 Å². The molecule has 0 bridgehead atoms. The fraction of sp³-hybridized carbons (Fsp3) is 0.143. The van der Waals surface area contributed by atoms with Crippen molar-refractivity contribution in [2.24, 2.45) is 0 Å². The molecule has 0 saturated carbocycles. The standard InChI is InChI=1S/C14H12N4O6/c19-13(15-11-3-1-2-4-12(11)18(23)24)7-8-16-9-10(17(21)22)5-6-14(16)20/h1-6,9H,7-8H2,(H,15,19). The summed E-state index contributed by atoms with van der Waals surface area (Å²) in [6, 6.07) is 7.75.